The number of hydrogen-bond donors (Lipinski definition) is 1. The van der Waals surface area contributed by atoms with Crippen LogP contribution in [0.15, 0.2) is 104 Å². The third-order valence-electron chi connectivity index (χ3n) is 5.53. The lowest BCUT2D eigenvalue weighted by atomic mass is 9.77. The molecule has 4 rings (SSSR count). The van der Waals surface area contributed by atoms with Gasteiger partial charge >= 0.3 is 5.97 Å². The molecule has 1 aromatic heterocycles. The predicted molar refractivity (Wildman–Crippen MR) is 117 cm³/mol. The van der Waals surface area contributed by atoms with Gasteiger partial charge in [-0.3, -0.25) is 4.79 Å². The van der Waals surface area contributed by atoms with Gasteiger partial charge in [-0.2, -0.15) is 0 Å². The Kier molecular flexibility index (Phi) is 5.48. The number of carbonyl (C=O) groups is 1. The van der Waals surface area contributed by atoms with Crippen molar-refractivity contribution in [3.63, 3.8) is 0 Å². The average Bonchev–Trinajstić information content (AvgIpc) is 3.25. The molecule has 0 spiro atoms. The second-order valence-corrected chi connectivity index (χ2v) is 7.52. The van der Waals surface area contributed by atoms with Crippen LogP contribution in [0.4, 0.5) is 0 Å². The van der Waals surface area contributed by atoms with Crippen LogP contribution in [0.25, 0.3) is 0 Å². The molecule has 4 nitrogen and oxygen atoms in total. The maximum absolute atomic E-state index is 11.3. The van der Waals surface area contributed by atoms with Gasteiger partial charge in [0.2, 0.25) is 0 Å². The fourth-order valence-electron chi connectivity index (χ4n) is 4.04. The van der Waals surface area contributed by atoms with Gasteiger partial charge in [-0.1, -0.05) is 97.9 Å². The zero-order valence-electron chi connectivity index (χ0n) is 16.8. The number of hydrogen-bond acceptors (Lipinski definition) is 2. The van der Waals surface area contributed by atoms with E-state index < -0.39 is 17.4 Å². The van der Waals surface area contributed by atoms with Crippen LogP contribution >= 0.6 is 0 Å². The lowest BCUT2D eigenvalue weighted by molar-refractivity contribution is -0.141. The minimum Gasteiger partial charge on any atom is -0.481 e. The van der Waals surface area contributed by atoms with E-state index in [0.717, 1.165) is 22.4 Å². The highest BCUT2D eigenvalue weighted by Gasteiger charge is 2.38. The zero-order valence-corrected chi connectivity index (χ0v) is 16.8. The van der Waals surface area contributed by atoms with E-state index in [9.17, 15) is 9.90 Å². The van der Waals surface area contributed by atoms with Gasteiger partial charge < -0.3 is 9.67 Å². The molecule has 150 valence electrons. The summed E-state index contributed by atoms with van der Waals surface area (Å²) >= 11 is 0. The Hall–Kier alpha value is -3.66. The lowest BCUT2D eigenvalue weighted by Crippen LogP contribution is -2.37. The summed E-state index contributed by atoms with van der Waals surface area (Å²) in [6.07, 6.45) is 4.18. The number of aromatic nitrogens is 2. The fraction of sp³-hybridized carbons (Fsp3) is 0.154. The fourth-order valence-corrected chi connectivity index (χ4v) is 4.04. The molecular weight excluding hydrogens is 372 g/mol. The Balaban J connectivity index is 1.97. The van der Waals surface area contributed by atoms with Crippen LogP contribution < -0.4 is 0 Å². The minimum atomic E-state index is -0.815. The summed E-state index contributed by atoms with van der Waals surface area (Å²) in [6, 6.07) is 31.0. The molecule has 4 heteroatoms. The highest BCUT2D eigenvalue weighted by molar-refractivity contribution is 5.69. The largest absolute Gasteiger partial charge is 0.481 e. The topological polar surface area (TPSA) is 55.1 Å². The van der Waals surface area contributed by atoms with Gasteiger partial charge in [0.1, 0.15) is 5.54 Å². The molecule has 0 aliphatic heterocycles. The molecule has 0 amide bonds. The van der Waals surface area contributed by atoms with Crippen LogP contribution in [-0.2, 0) is 16.8 Å². The number of carboxylic acids is 1. The first-order chi connectivity index (χ1) is 14.6. The first-order valence-corrected chi connectivity index (χ1v) is 10.0. The van der Waals surface area contributed by atoms with Crippen molar-refractivity contribution < 1.29 is 9.90 Å². The number of imidazole rings is 1. The second kappa shape index (κ2) is 8.37. The van der Waals surface area contributed by atoms with Crippen molar-refractivity contribution in [1.29, 1.82) is 0 Å². The summed E-state index contributed by atoms with van der Waals surface area (Å²) < 4.78 is 2.11. The predicted octanol–water partition coefficient (Wildman–Crippen LogP) is 4.99. The molecule has 1 heterocycles. The summed E-state index contributed by atoms with van der Waals surface area (Å²) in [5.74, 6) is -1.31. The van der Waals surface area contributed by atoms with E-state index in [0.29, 0.717) is 6.42 Å². The molecule has 0 radical (unpaired) electrons. The molecule has 0 saturated carbocycles. The van der Waals surface area contributed by atoms with Gasteiger partial charge in [0.15, 0.2) is 0 Å². The third kappa shape index (κ3) is 3.52. The standard InChI is InChI=1S/C26H24N2O2/c1-20(25(29)30)17-24-18-28(19-27-24)26(21-11-5-2-6-12-21,22-13-7-3-8-14-22)23-15-9-4-10-16-23/h2-16,18-20H,17H2,1H3,(H,29,30). The molecule has 1 N–H and O–H groups in total. The first-order valence-electron chi connectivity index (χ1n) is 10.0. The maximum Gasteiger partial charge on any atom is 0.306 e. The van der Waals surface area contributed by atoms with E-state index in [1.807, 2.05) is 67.1 Å². The van der Waals surface area contributed by atoms with E-state index in [-0.39, 0.29) is 0 Å². The van der Waals surface area contributed by atoms with Crippen LogP contribution in [-0.4, -0.2) is 20.6 Å². The van der Waals surface area contributed by atoms with Gasteiger partial charge in [-0.15, -0.1) is 0 Å². The average molecular weight is 396 g/mol. The van der Waals surface area contributed by atoms with Crippen molar-refractivity contribution in [3.05, 3.63) is 126 Å². The SMILES string of the molecule is CC(Cc1cn(C(c2ccccc2)(c2ccccc2)c2ccccc2)cn1)C(=O)O. The number of rotatable bonds is 7. The highest BCUT2D eigenvalue weighted by atomic mass is 16.4. The van der Waals surface area contributed by atoms with E-state index in [1.54, 1.807) is 6.92 Å². The number of nitrogens with zero attached hydrogens (tertiary/aromatic N) is 2. The maximum atomic E-state index is 11.3. The molecule has 30 heavy (non-hydrogen) atoms. The molecule has 0 fully saturated rings. The van der Waals surface area contributed by atoms with E-state index in [2.05, 4.69) is 45.9 Å². The van der Waals surface area contributed by atoms with Crippen LogP contribution in [0.5, 0.6) is 0 Å². The quantitative estimate of drug-likeness (QED) is 0.448. The van der Waals surface area contributed by atoms with Gasteiger partial charge in [0.25, 0.3) is 0 Å². The van der Waals surface area contributed by atoms with E-state index in [4.69, 9.17) is 0 Å². The molecule has 0 aliphatic carbocycles. The Morgan fingerprint density at radius 2 is 1.30 bits per heavy atom. The van der Waals surface area contributed by atoms with E-state index in [1.165, 1.54) is 0 Å². The van der Waals surface area contributed by atoms with E-state index >= 15 is 0 Å². The van der Waals surface area contributed by atoms with Gasteiger partial charge in [-0.05, 0) is 16.7 Å². The molecule has 4 aromatic rings. The number of aliphatic carboxylic acids is 1. The smallest absolute Gasteiger partial charge is 0.306 e. The molecule has 3 aromatic carbocycles. The molecule has 0 aliphatic rings. The van der Waals surface area contributed by atoms with Crippen LogP contribution in [0, 0.1) is 5.92 Å². The summed E-state index contributed by atoms with van der Waals surface area (Å²) in [4.78, 5) is 15.9. The molecule has 1 unspecified atom stereocenters. The summed E-state index contributed by atoms with van der Waals surface area (Å²) in [6.45, 7) is 1.71. The van der Waals surface area contributed by atoms with Crippen molar-refractivity contribution in [2.24, 2.45) is 5.92 Å². The monoisotopic (exact) mass is 396 g/mol. The van der Waals surface area contributed by atoms with Crippen LogP contribution in [0.2, 0.25) is 0 Å². The number of carboxylic acid groups (broad SMARTS) is 1. The Labute approximate surface area is 176 Å². The third-order valence-corrected chi connectivity index (χ3v) is 5.53. The minimum absolute atomic E-state index is 0.386. The lowest BCUT2D eigenvalue weighted by Gasteiger charge is -2.37. The van der Waals surface area contributed by atoms with Crippen LogP contribution in [0.1, 0.15) is 29.3 Å². The summed E-state index contributed by atoms with van der Waals surface area (Å²) in [7, 11) is 0. The van der Waals surface area contributed by atoms with Gasteiger partial charge in [0, 0.05) is 12.6 Å². The molecule has 0 bridgehead atoms. The van der Waals surface area contributed by atoms with Crippen LogP contribution in [0.3, 0.4) is 0 Å². The summed E-state index contributed by atoms with van der Waals surface area (Å²) in [5, 5.41) is 9.31. The molecule has 1 atom stereocenters. The molecule has 0 saturated heterocycles. The first kappa shape index (κ1) is 19.6. The second-order valence-electron chi connectivity index (χ2n) is 7.52. The van der Waals surface area contributed by atoms with Gasteiger partial charge in [-0.25, -0.2) is 4.98 Å². The Bertz CT molecular complexity index is 1010. The van der Waals surface area contributed by atoms with Crippen molar-refractivity contribution in [2.45, 2.75) is 18.9 Å². The van der Waals surface area contributed by atoms with Crippen molar-refractivity contribution in [3.8, 4) is 0 Å². The van der Waals surface area contributed by atoms with Crippen molar-refractivity contribution >= 4 is 5.97 Å². The normalized spacial score (nSPS) is 12.4. The highest BCUT2D eigenvalue weighted by Crippen LogP contribution is 2.40. The zero-order chi connectivity index (χ0) is 21.0. The summed E-state index contributed by atoms with van der Waals surface area (Å²) in [5.41, 5.74) is 3.46. The Morgan fingerprint density at radius 1 is 0.867 bits per heavy atom. The number of benzene rings is 3. The van der Waals surface area contributed by atoms with Crippen molar-refractivity contribution in [2.75, 3.05) is 0 Å². The molecular formula is C26H24N2O2. The Morgan fingerprint density at radius 3 is 1.70 bits per heavy atom. The van der Waals surface area contributed by atoms with Crippen molar-refractivity contribution in [1.82, 2.24) is 9.55 Å². The van der Waals surface area contributed by atoms with Gasteiger partial charge in [0.05, 0.1) is 17.9 Å².